The molecule has 0 atom stereocenters. The molecule has 0 bridgehead atoms. The summed E-state index contributed by atoms with van der Waals surface area (Å²) in [4.78, 5) is 31.5. The van der Waals surface area contributed by atoms with Crippen LogP contribution in [0.3, 0.4) is 0 Å². The van der Waals surface area contributed by atoms with Crippen LogP contribution in [0.2, 0.25) is 0 Å². The quantitative estimate of drug-likeness (QED) is 0.283. The van der Waals surface area contributed by atoms with Crippen LogP contribution in [0.1, 0.15) is 20.3 Å². The third kappa shape index (κ3) is 6.25. The Labute approximate surface area is 85.5 Å². The van der Waals surface area contributed by atoms with Crippen molar-refractivity contribution in [1.29, 1.82) is 0 Å². The molecule has 0 aromatic carbocycles. The summed E-state index contributed by atoms with van der Waals surface area (Å²) in [6.45, 7) is 3.00. The molecule has 5 heteroatoms. The molecule has 0 aliphatic carbocycles. The number of ether oxygens (including phenoxy) is 1. The van der Waals surface area contributed by atoms with Gasteiger partial charge in [-0.25, -0.2) is 4.79 Å². The van der Waals surface area contributed by atoms with E-state index in [1.165, 1.54) is 6.92 Å². The first-order valence-corrected chi connectivity index (χ1v) is 3.27. The molecule has 0 unspecified atom stereocenters. The molecule has 4 nitrogen and oxygen atoms in total. The van der Waals surface area contributed by atoms with Gasteiger partial charge in [0.2, 0.25) is 5.78 Å². The molecule has 0 rings (SSSR count). The van der Waals surface area contributed by atoms with Crippen molar-refractivity contribution in [3.63, 3.8) is 0 Å². The second-order valence-corrected chi connectivity index (χ2v) is 2.02. The van der Waals surface area contributed by atoms with Gasteiger partial charge in [0.05, 0.1) is 13.0 Å². The largest absolute Gasteiger partial charge is 0.460 e. The maximum absolute atomic E-state index is 10.6. The normalized spacial score (nSPS) is 8.17. The Kier molecular flexibility index (Phi) is 8.43. The van der Waals surface area contributed by atoms with Crippen LogP contribution in [-0.2, 0) is 40.8 Å². The molecule has 0 aliphatic rings. The standard InChI is InChI=1S/C7H10O4.Ti/c1-3-11-7(10)6(9)4-5(2)8;/h3-4H2,1-2H3;. The SMILES string of the molecule is CCOC(=O)C(=O)CC(C)=O.[Ti]. The molecule has 0 saturated carbocycles. The van der Waals surface area contributed by atoms with Gasteiger partial charge in [0.15, 0.2) is 0 Å². The van der Waals surface area contributed by atoms with Crippen molar-refractivity contribution in [2.45, 2.75) is 20.3 Å². The average Bonchev–Trinajstić information content (AvgIpc) is 1.86. The number of ketones is 2. The summed E-state index contributed by atoms with van der Waals surface area (Å²) in [6.07, 6.45) is -0.362. The zero-order valence-corrected chi connectivity index (χ0v) is 8.61. The third-order valence-corrected chi connectivity index (χ3v) is 0.913. The summed E-state index contributed by atoms with van der Waals surface area (Å²) in [5.41, 5.74) is 0. The Morgan fingerprint density at radius 2 is 1.75 bits per heavy atom. The van der Waals surface area contributed by atoms with Gasteiger partial charge in [0.1, 0.15) is 5.78 Å². The van der Waals surface area contributed by atoms with E-state index in [0.29, 0.717) is 0 Å². The van der Waals surface area contributed by atoms with Gasteiger partial charge < -0.3 is 4.74 Å². The van der Waals surface area contributed by atoms with E-state index in [2.05, 4.69) is 4.74 Å². The fourth-order valence-corrected chi connectivity index (χ4v) is 0.510. The van der Waals surface area contributed by atoms with Gasteiger partial charge in [-0.15, -0.1) is 0 Å². The molecule has 0 N–H and O–H groups in total. The predicted octanol–water partition coefficient (Wildman–Crippen LogP) is 0.0952. The molecule has 0 aromatic rings. The minimum absolute atomic E-state index is 0. The number of carbonyl (C=O) groups is 3. The van der Waals surface area contributed by atoms with Gasteiger partial charge in [-0.1, -0.05) is 0 Å². The minimum Gasteiger partial charge on any atom is -0.460 e. The van der Waals surface area contributed by atoms with E-state index < -0.39 is 11.8 Å². The van der Waals surface area contributed by atoms with Crippen LogP contribution in [0, 0.1) is 0 Å². The van der Waals surface area contributed by atoms with Crippen LogP contribution in [0.5, 0.6) is 0 Å². The summed E-state index contributed by atoms with van der Waals surface area (Å²) >= 11 is 0. The number of esters is 1. The summed E-state index contributed by atoms with van der Waals surface area (Å²) in [5.74, 6) is -2.04. The van der Waals surface area contributed by atoms with Crippen molar-refractivity contribution < 1.29 is 40.8 Å². The number of rotatable bonds is 4. The molecule has 0 heterocycles. The summed E-state index contributed by atoms with van der Waals surface area (Å²) in [5, 5.41) is 0. The average molecular weight is 206 g/mol. The maximum atomic E-state index is 10.6. The van der Waals surface area contributed by atoms with E-state index in [0.717, 1.165) is 0 Å². The molecule has 0 radical (unpaired) electrons. The molecule has 0 aromatic heterocycles. The first-order chi connectivity index (χ1) is 5.07. The first-order valence-electron chi connectivity index (χ1n) is 3.27. The van der Waals surface area contributed by atoms with Gasteiger partial charge in [-0.3, -0.25) is 9.59 Å². The van der Waals surface area contributed by atoms with Crippen molar-refractivity contribution in [1.82, 2.24) is 0 Å². The summed E-state index contributed by atoms with van der Waals surface area (Å²) in [7, 11) is 0. The van der Waals surface area contributed by atoms with Crippen LogP contribution in [0.15, 0.2) is 0 Å². The van der Waals surface area contributed by atoms with Gasteiger partial charge >= 0.3 is 5.97 Å². The van der Waals surface area contributed by atoms with Gasteiger partial charge in [0, 0.05) is 21.7 Å². The van der Waals surface area contributed by atoms with E-state index >= 15 is 0 Å². The molecular weight excluding hydrogens is 196 g/mol. The second kappa shape index (κ2) is 7.19. The van der Waals surface area contributed by atoms with Crippen LogP contribution < -0.4 is 0 Å². The number of Topliss-reactive ketones (excluding diaryl/α,β-unsaturated/α-hetero) is 2. The first kappa shape index (κ1) is 14.1. The Balaban J connectivity index is 0. The van der Waals surface area contributed by atoms with E-state index in [4.69, 9.17) is 0 Å². The summed E-state index contributed by atoms with van der Waals surface area (Å²) < 4.78 is 4.36. The molecule has 0 fully saturated rings. The topological polar surface area (TPSA) is 60.4 Å². The second-order valence-electron chi connectivity index (χ2n) is 2.02. The number of carbonyl (C=O) groups excluding carboxylic acids is 3. The van der Waals surface area contributed by atoms with Crippen molar-refractivity contribution >= 4 is 17.5 Å². The maximum Gasteiger partial charge on any atom is 0.375 e. The van der Waals surface area contributed by atoms with Crippen LogP contribution >= 0.6 is 0 Å². The van der Waals surface area contributed by atoms with E-state index in [9.17, 15) is 14.4 Å². The molecular formula is C7H10O4Ti. The van der Waals surface area contributed by atoms with E-state index in [1.54, 1.807) is 6.92 Å². The summed E-state index contributed by atoms with van der Waals surface area (Å²) in [6, 6.07) is 0. The Bertz CT molecular complexity index is 188. The molecule has 12 heavy (non-hydrogen) atoms. The zero-order valence-electron chi connectivity index (χ0n) is 7.05. The number of hydrogen-bond acceptors (Lipinski definition) is 4. The molecule has 66 valence electrons. The van der Waals surface area contributed by atoms with Crippen LogP contribution in [0.4, 0.5) is 0 Å². The molecule has 0 spiro atoms. The Morgan fingerprint density at radius 1 is 1.25 bits per heavy atom. The smallest absolute Gasteiger partial charge is 0.375 e. The van der Waals surface area contributed by atoms with Gasteiger partial charge in [-0.2, -0.15) is 0 Å². The van der Waals surface area contributed by atoms with Crippen LogP contribution in [0.25, 0.3) is 0 Å². The van der Waals surface area contributed by atoms with E-state index in [1.807, 2.05) is 0 Å². The van der Waals surface area contributed by atoms with Crippen molar-refractivity contribution in [3.8, 4) is 0 Å². The third-order valence-electron chi connectivity index (χ3n) is 0.913. The van der Waals surface area contributed by atoms with E-state index in [-0.39, 0.29) is 40.5 Å². The minimum atomic E-state index is -0.928. The van der Waals surface area contributed by atoms with Crippen molar-refractivity contribution in [2.24, 2.45) is 0 Å². The fourth-order valence-electron chi connectivity index (χ4n) is 0.510. The van der Waals surface area contributed by atoms with Gasteiger partial charge in [-0.05, 0) is 13.8 Å². The Morgan fingerprint density at radius 3 is 2.08 bits per heavy atom. The predicted molar refractivity (Wildman–Crippen MR) is 36.9 cm³/mol. The zero-order chi connectivity index (χ0) is 8.85. The Hall–Kier alpha value is -0.476. The van der Waals surface area contributed by atoms with Crippen molar-refractivity contribution in [2.75, 3.05) is 6.61 Å². The van der Waals surface area contributed by atoms with Crippen LogP contribution in [-0.4, -0.2) is 24.1 Å². The van der Waals surface area contributed by atoms with Gasteiger partial charge in [0.25, 0.3) is 0 Å². The number of hydrogen-bond donors (Lipinski definition) is 0. The molecule has 0 amide bonds. The fraction of sp³-hybridized carbons (Fsp3) is 0.571. The van der Waals surface area contributed by atoms with Crippen molar-refractivity contribution in [3.05, 3.63) is 0 Å². The monoisotopic (exact) mass is 206 g/mol. The molecule has 0 aliphatic heterocycles. The molecule has 0 saturated heterocycles.